The summed E-state index contributed by atoms with van der Waals surface area (Å²) in [6, 6.07) is 3.80. The Kier molecular flexibility index (Phi) is 4.67. The number of anilines is 2. The number of nitrogen functional groups attached to an aromatic ring is 1. The Bertz CT molecular complexity index is 644. The van der Waals surface area contributed by atoms with Crippen molar-refractivity contribution in [3.8, 4) is 0 Å². The first-order chi connectivity index (χ1) is 10.0. The Morgan fingerprint density at radius 2 is 1.95 bits per heavy atom. The van der Waals surface area contributed by atoms with Gasteiger partial charge in [0.15, 0.2) is 11.6 Å². The smallest absolute Gasteiger partial charge is 0.159 e. The van der Waals surface area contributed by atoms with Crippen LogP contribution in [0, 0.1) is 18.6 Å². The molecular formula is C15H18F2N4. The van der Waals surface area contributed by atoms with E-state index in [0.29, 0.717) is 29.6 Å². The zero-order chi connectivity index (χ0) is 15.4. The fraction of sp³-hybridized carbons (Fsp3) is 0.333. The van der Waals surface area contributed by atoms with Crippen molar-refractivity contribution < 1.29 is 8.78 Å². The van der Waals surface area contributed by atoms with Crippen molar-refractivity contribution in [1.29, 1.82) is 0 Å². The summed E-state index contributed by atoms with van der Waals surface area (Å²) < 4.78 is 26.0. The number of halogens is 2. The summed E-state index contributed by atoms with van der Waals surface area (Å²) in [4.78, 5) is 8.63. The van der Waals surface area contributed by atoms with Crippen LogP contribution in [0.2, 0.25) is 0 Å². The lowest BCUT2D eigenvalue weighted by molar-refractivity contribution is 0.507. The van der Waals surface area contributed by atoms with Crippen molar-refractivity contribution in [3.05, 3.63) is 46.8 Å². The van der Waals surface area contributed by atoms with Crippen LogP contribution in [0.4, 0.5) is 20.4 Å². The lowest BCUT2D eigenvalue weighted by Gasteiger charge is -2.12. The molecule has 0 bridgehead atoms. The maximum absolute atomic E-state index is 13.2. The van der Waals surface area contributed by atoms with Crippen LogP contribution in [0.3, 0.4) is 0 Å². The molecule has 0 spiro atoms. The van der Waals surface area contributed by atoms with Gasteiger partial charge in [0, 0.05) is 18.5 Å². The number of nitrogens with two attached hydrogens (primary N) is 1. The molecule has 6 heteroatoms. The highest BCUT2D eigenvalue weighted by molar-refractivity contribution is 5.55. The Morgan fingerprint density at radius 1 is 1.19 bits per heavy atom. The van der Waals surface area contributed by atoms with E-state index >= 15 is 0 Å². The highest BCUT2D eigenvalue weighted by Crippen LogP contribution is 2.19. The lowest BCUT2D eigenvalue weighted by atomic mass is 10.2. The SMILES string of the molecule is CCCc1nc(N)c(C)c(NCc2ccc(F)c(F)c2)n1. The van der Waals surface area contributed by atoms with E-state index in [2.05, 4.69) is 15.3 Å². The van der Waals surface area contributed by atoms with Crippen molar-refractivity contribution in [1.82, 2.24) is 9.97 Å². The monoisotopic (exact) mass is 292 g/mol. The Hall–Kier alpha value is -2.24. The van der Waals surface area contributed by atoms with Crippen LogP contribution in [-0.2, 0) is 13.0 Å². The number of aromatic nitrogens is 2. The molecule has 0 saturated heterocycles. The first kappa shape index (κ1) is 15.2. The summed E-state index contributed by atoms with van der Waals surface area (Å²) >= 11 is 0. The van der Waals surface area contributed by atoms with Gasteiger partial charge in [-0.15, -0.1) is 0 Å². The van der Waals surface area contributed by atoms with Gasteiger partial charge < -0.3 is 11.1 Å². The van der Waals surface area contributed by atoms with Crippen molar-refractivity contribution in [2.45, 2.75) is 33.2 Å². The van der Waals surface area contributed by atoms with Crippen molar-refractivity contribution in [3.63, 3.8) is 0 Å². The van der Waals surface area contributed by atoms with E-state index in [4.69, 9.17) is 5.73 Å². The fourth-order valence-corrected chi connectivity index (χ4v) is 1.93. The maximum Gasteiger partial charge on any atom is 0.159 e. The fourth-order valence-electron chi connectivity index (χ4n) is 1.93. The molecule has 0 aliphatic carbocycles. The van der Waals surface area contributed by atoms with Crippen LogP contribution < -0.4 is 11.1 Å². The van der Waals surface area contributed by atoms with E-state index in [9.17, 15) is 8.78 Å². The zero-order valence-corrected chi connectivity index (χ0v) is 12.1. The van der Waals surface area contributed by atoms with Gasteiger partial charge in [-0.05, 0) is 31.0 Å². The molecule has 0 atom stereocenters. The summed E-state index contributed by atoms with van der Waals surface area (Å²) in [5, 5.41) is 3.10. The number of benzene rings is 1. The van der Waals surface area contributed by atoms with Gasteiger partial charge in [-0.1, -0.05) is 13.0 Å². The van der Waals surface area contributed by atoms with Gasteiger partial charge in [0.05, 0.1) is 0 Å². The highest BCUT2D eigenvalue weighted by atomic mass is 19.2. The number of hydrogen-bond acceptors (Lipinski definition) is 4. The van der Waals surface area contributed by atoms with Crippen LogP contribution >= 0.6 is 0 Å². The first-order valence-electron chi connectivity index (χ1n) is 6.82. The second-order valence-electron chi connectivity index (χ2n) is 4.85. The molecule has 0 radical (unpaired) electrons. The molecule has 2 rings (SSSR count). The average Bonchev–Trinajstić information content (AvgIpc) is 2.45. The lowest BCUT2D eigenvalue weighted by Crippen LogP contribution is -2.10. The van der Waals surface area contributed by atoms with Crippen molar-refractivity contribution in [2.24, 2.45) is 0 Å². The van der Waals surface area contributed by atoms with Gasteiger partial charge in [-0.2, -0.15) is 0 Å². The van der Waals surface area contributed by atoms with Gasteiger partial charge in [0.1, 0.15) is 17.5 Å². The highest BCUT2D eigenvalue weighted by Gasteiger charge is 2.09. The summed E-state index contributed by atoms with van der Waals surface area (Å²) in [5.74, 6) is 0.0108. The Morgan fingerprint density at radius 3 is 2.62 bits per heavy atom. The van der Waals surface area contributed by atoms with Crippen molar-refractivity contribution >= 4 is 11.6 Å². The second kappa shape index (κ2) is 6.47. The molecule has 21 heavy (non-hydrogen) atoms. The summed E-state index contributed by atoms with van der Waals surface area (Å²) in [5.41, 5.74) is 7.24. The van der Waals surface area contributed by atoms with Gasteiger partial charge >= 0.3 is 0 Å². The minimum Gasteiger partial charge on any atom is -0.383 e. The number of nitrogens with zero attached hydrogens (tertiary/aromatic N) is 2. The van der Waals surface area contributed by atoms with E-state index in [1.807, 2.05) is 13.8 Å². The first-order valence-corrected chi connectivity index (χ1v) is 6.82. The van der Waals surface area contributed by atoms with Gasteiger partial charge in [0.25, 0.3) is 0 Å². The number of nitrogens with one attached hydrogen (secondary N) is 1. The van der Waals surface area contributed by atoms with Crippen LogP contribution in [0.15, 0.2) is 18.2 Å². The van der Waals surface area contributed by atoms with E-state index in [0.717, 1.165) is 30.5 Å². The minimum absolute atomic E-state index is 0.333. The van der Waals surface area contributed by atoms with Crippen LogP contribution in [-0.4, -0.2) is 9.97 Å². The molecule has 0 saturated carbocycles. The van der Waals surface area contributed by atoms with Crippen molar-refractivity contribution in [2.75, 3.05) is 11.1 Å². The molecular weight excluding hydrogens is 274 g/mol. The summed E-state index contributed by atoms with van der Waals surface area (Å²) in [6.45, 7) is 4.19. The summed E-state index contributed by atoms with van der Waals surface area (Å²) in [6.07, 6.45) is 1.66. The van der Waals surface area contributed by atoms with Crippen LogP contribution in [0.5, 0.6) is 0 Å². The second-order valence-corrected chi connectivity index (χ2v) is 4.85. The number of hydrogen-bond donors (Lipinski definition) is 2. The standard InChI is InChI=1S/C15H18F2N4/c1-3-4-13-20-14(18)9(2)15(21-13)19-8-10-5-6-11(16)12(17)7-10/h5-7H,3-4,8H2,1-2H3,(H3,18,19,20,21). The number of aryl methyl sites for hydroxylation is 1. The Balaban J connectivity index is 2.16. The number of rotatable bonds is 5. The van der Waals surface area contributed by atoms with Gasteiger partial charge in [0.2, 0.25) is 0 Å². The van der Waals surface area contributed by atoms with Crippen LogP contribution in [0.25, 0.3) is 0 Å². The molecule has 0 fully saturated rings. The predicted octanol–water partition coefficient (Wildman–Crippen LogP) is 3.21. The molecule has 3 N–H and O–H groups in total. The third-order valence-corrected chi connectivity index (χ3v) is 3.15. The zero-order valence-electron chi connectivity index (χ0n) is 12.1. The maximum atomic E-state index is 13.2. The van der Waals surface area contributed by atoms with Gasteiger partial charge in [-0.25, -0.2) is 18.7 Å². The van der Waals surface area contributed by atoms with E-state index in [1.165, 1.54) is 6.07 Å². The van der Waals surface area contributed by atoms with E-state index < -0.39 is 11.6 Å². The molecule has 0 aliphatic rings. The van der Waals surface area contributed by atoms with Crippen LogP contribution in [0.1, 0.15) is 30.3 Å². The average molecular weight is 292 g/mol. The largest absolute Gasteiger partial charge is 0.383 e. The molecule has 4 nitrogen and oxygen atoms in total. The molecule has 2 aromatic rings. The third-order valence-electron chi connectivity index (χ3n) is 3.15. The molecule has 1 heterocycles. The van der Waals surface area contributed by atoms with E-state index in [-0.39, 0.29) is 0 Å². The molecule has 0 aliphatic heterocycles. The third kappa shape index (κ3) is 3.65. The topological polar surface area (TPSA) is 63.8 Å². The minimum atomic E-state index is -0.861. The predicted molar refractivity (Wildman–Crippen MR) is 78.9 cm³/mol. The molecule has 1 aromatic carbocycles. The van der Waals surface area contributed by atoms with Gasteiger partial charge in [-0.3, -0.25) is 0 Å². The Labute approximate surface area is 122 Å². The summed E-state index contributed by atoms with van der Waals surface area (Å²) in [7, 11) is 0. The van der Waals surface area contributed by atoms with E-state index in [1.54, 1.807) is 0 Å². The molecule has 0 unspecified atom stereocenters. The quantitative estimate of drug-likeness (QED) is 0.888. The normalized spacial score (nSPS) is 10.7. The molecule has 1 aromatic heterocycles. The molecule has 0 amide bonds. The molecule has 112 valence electrons.